The van der Waals surface area contributed by atoms with Gasteiger partial charge < -0.3 is 14.4 Å². The quantitative estimate of drug-likeness (QED) is 0.544. The molecule has 33 heavy (non-hydrogen) atoms. The van der Waals surface area contributed by atoms with Gasteiger partial charge >= 0.3 is 12.1 Å². The number of hydrogen-bond donors (Lipinski definition) is 0. The third kappa shape index (κ3) is 4.23. The molecule has 0 radical (unpaired) electrons. The summed E-state index contributed by atoms with van der Waals surface area (Å²) in [6.45, 7) is 1.01. The highest BCUT2D eigenvalue weighted by Crippen LogP contribution is 2.26. The monoisotopic (exact) mass is 450 g/mol. The first kappa shape index (κ1) is 20.9. The highest BCUT2D eigenvalue weighted by molar-refractivity contribution is 5.97. The van der Waals surface area contributed by atoms with Crippen molar-refractivity contribution in [3.63, 3.8) is 0 Å². The first-order valence-corrected chi connectivity index (χ1v) is 10.8. The van der Waals surface area contributed by atoms with Gasteiger partial charge in [0, 0.05) is 24.7 Å². The number of benzene rings is 2. The second kappa shape index (κ2) is 8.89. The fourth-order valence-corrected chi connectivity index (χ4v) is 4.29. The molecule has 0 saturated carbocycles. The number of nitrogens with zero attached hydrogens (tertiary/aromatic N) is 4. The SMILES string of the molecule is O=C(OCc1ccccc1)[C@@H]1COC(=O)N1C1CCN(C(=O)c2ccc3nonc3c2)CC1. The van der Waals surface area contributed by atoms with Crippen LogP contribution in [0.4, 0.5) is 4.79 Å². The van der Waals surface area contributed by atoms with Crippen LogP contribution in [0.2, 0.25) is 0 Å². The summed E-state index contributed by atoms with van der Waals surface area (Å²) < 4.78 is 15.3. The summed E-state index contributed by atoms with van der Waals surface area (Å²) in [5.74, 6) is -0.612. The van der Waals surface area contributed by atoms with Gasteiger partial charge in [-0.25, -0.2) is 14.2 Å². The van der Waals surface area contributed by atoms with Crippen molar-refractivity contribution in [1.82, 2.24) is 20.1 Å². The molecule has 2 aromatic carbocycles. The van der Waals surface area contributed by atoms with Crippen LogP contribution >= 0.6 is 0 Å². The maximum atomic E-state index is 12.9. The molecule has 1 atom stereocenters. The van der Waals surface area contributed by atoms with E-state index in [2.05, 4.69) is 14.9 Å². The van der Waals surface area contributed by atoms with E-state index in [1.807, 2.05) is 30.3 Å². The minimum absolute atomic E-state index is 0.0304. The van der Waals surface area contributed by atoms with Gasteiger partial charge in [-0.05, 0) is 46.9 Å². The number of aromatic nitrogens is 2. The molecule has 2 aliphatic rings. The predicted molar refractivity (Wildman–Crippen MR) is 114 cm³/mol. The van der Waals surface area contributed by atoms with E-state index in [1.165, 1.54) is 4.90 Å². The van der Waals surface area contributed by atoms with Crippen LogP contribution < -0.4 is 0 Å². The number of esters is 1. The number of likely N-dealkylation sites (tertiary alicyclic amines) is 1. The Labute approximate surface area is 189 Å². The van der Waals surface area contributed by atoms with Crippen LogP contribution in [0.3, 0.4) is 0 Å². The summed E-state index contributed by atoms with van der Waals surface area (Å²) in [6, 6.07) is 13.4. The number of carbonyl (C=O) groups excluding carboxylic acids is 3. The Kier molecular flexibility index (Phi) is 5.64. The number of amides is 2. The summed E-state index contributed by atoms with van der Waals surface area (Å²) in [4.78, 5) is 41.2. The zero-order valence-corrected chi connectivity index (χ0v) is 17.8. The molecule has 1 aromatic heterocycles. The molecule has 2 saturated heterocycles. The Morgan fingerprint density at radius 3 is 2.58 bits per heavy atom. The van der Waals surface area contributed by atoms with Gasteiger partial charge in [-0.3, -0.25) is 9.69 Å². The van der Waals surface area contributed by atoms with Gasteiger partial charge in [-0.2, -0.15) is 0 Å². The minimum Gasteiger partial charge on any atom is -0.459 e. The lowest BCUT2D eigenvalue weighted by molar-refractivity contribution is -0.150. The first-order chi connectivity index (χ1) is 16.1. The third-order valence-electron chi connectivity index (χ3n) is 6.05. The second-order valence-electron chi connectivity index (χ2n) is 8.08. The average Bonchev–Trinajstić information content (AvgIpc) is 3.49. The lowest BCUT2D eigenvalue weighted by Crippen LogP contribution is -2.52. The van der Waals surface area contributed by atoms with E-state index in [4.69, 9.17) is 9.47 Å². The van der Waals surface area contributed by atoms with Crippen LogP contribution in [-0.4, -0.2) is 69.9 Å². The van der Waals surface area contributed by atoms with Crippen molar-refractivity contribution in [2.75, 3.05) is 19.7 Å². The lowest BCUT2D eigenvalue weighted by atomic mass is 10.0. The summed E-state index contributed by atoms with van der Waals surface area (Å²) in [5, 5.41) is 7.53. The van der Waals surface area contributed by atoms with Crippen molar-refractivity contribution in [1.29, 1.82) is 0 Å². The molecule has 10 nitrogen and oxygen atoms in total. The number of fused-ring (bicyclic) bond motifs is 1. The van der Waals surface area contributed by atoms with Crippen molar-refractivity contribution in [2.24, 2.45) is 0 Å². The fraction of sp³-hybridized carbons (Fsp3) is 0.348. The molecule has 170 valence electrons. The molecule has 5 rings (SSSR count). The Morgan fingerprint density at radius 1 is 1.03 bits per heavy atom. The Morgan fingerprint density at radius 2 is 1.79 bits per heavy atom. The molecule has 2 aliphatic heterocycles. The minimum atomic E-state index is -0.782. The highest BCUT2D eigenvalue weighted by atomic mass is 16.6. The van der Waals surface area contributed by atoms with E-state index in [-0.39, 0.29) is 25.2 Å². The smallest absolute Gasteiger partial charge is 0.410 e. The van der Waals surface area contributed by atoms with E-state index in [1.54, 1.807) is 23.1 Å². The number of hydrogen-bond acceptors (Lipinski definition) is 8. The molecule has 2 fully saturated rings. The molecule has 0 spiro atoms. The summed E-state index contributed by atoms with van der Waals surface area (Å²) >= 11 is 0. The van der Waals surface area contributed by atoms with Crippen molar-refractivity contribution in [3.05, 3.63) is 59.7 Å². The van der Waals surface area contributed by atoms with Crippen LogP contribution in [0.15, 0.2) is 53.2 Å². The van der Waals surface area contributed by atoms with E-state index in [9.17, 15) is 14.4 Å². The topological polar surface area (TPSA) is 115 Å². The van der Waals surface area contributed by atoms with Gasteiger partial charge in [0.05, 0.1) is 0 Å². The normalized spacial score (nSPS) is 19.0. The number of ether oxygens (including phenoxy) is 2. The predicted octanol–water partition coefficient (Wildman–Crippen LogP) is 2.39. The zero-order chi connectivity index (χ0) is 22.8. The molecular weight excluding hydrogens is 428 g/mol. The lowest BCUT2D eigenvalue weighted by Gasteiger charge is -2.37. The van der Waals surface area contributed by atoms with Gasteiger partial charge in [0.2, 0.25) is 0 Å². The summed E-state index contributed by atoms with van der Waals surface area (Å²) in [5.41, 5.74) is 2.48. The van der Waals surface area contributed by atoms with Gasteiger partial charge in [-0.1, -0.05) is 30.3 Å². The number of cyclic esters (lactones) is 1. The fourth-order valence-electron chi connectivity index (χ4n) is 4.29. The molecule has 3 aromatic rings. The summed E-state index contributed by atoms with van der Waals surface area (Å²) in [6.07, 6.45) is 0.555. The van der Waals surface area contributed by atoms with E-state index >= 15 is 0 Å². The van der Waals surface area contributed by atoms with Crippen LogP contribution in [0, 0.1) is 0 Å². The van der Waals surface area contributed by atoms with Crippen molar-refractivity contribution in [3.8, 4) is 0 Å². The van der Waals surface area contributed by atoms with Crippen molar-refractivity contribution >= 4 is 29.0 Å². The summed E-state index contributed by atoms with van der Waals surface area (Å²) in [7, 11) is 0. The van der Waals surface area contributed by atoms with Gasteiger partial charge in [-0.15, -0.1) is 0 Å². The van der Waals surface area contributed by atoms with Crippen LogP contribution in [-0.2, 0) is 20.9 Å². The third-order valence-corrected chi connectivity index (χ3v) is 6.05. The molecule has 10 heteroatoms. The zero-order valence-electron chi connectivity index (χ0n) is 17.8. The maximum Gasteiger partial charge on any atom is 0.410 e. The van der Waals surface area contributed by atoms with Crippen LogP contribution in [0.5, 0.6) is 0 Å². The van der Waals surface area contributed by atoms with E-state index in [0.29, 0.717) is 42.5 Å². The first-order valence-electron chi connectivity index (χ1n) is 10.8. The second-order valence-corrected chi connectivity index (χ2v) is 8.08. The van der Waals surface area contributed by atoms with Crippen LogP contribution in [0.25, 0.3) is 11.0 Å². The molecule has 2 amide bonds. The van der Waals surface area contributed by atoms with Crippen molar-refractivity contribution < 1.29 is 28.5 Å². The molecular formula is C23H22N4O6. The molecule has 0 aliphatic carbocycles. The Balaban J connectivity index is 1.20. The average molecular weight is 450 g/mol. The molecule has 0 unspecified atom stereocenters. The highest BCUT2D eigenvalue weighted by Gasteiger charge is 2.44. The van der Waals surface area contributed by atoms with Gasteiger partial charge in [0.15, 0.2) is 6.04 Å². The Hall–Kier alpha value is -3.95. The number of rotatable bonds is 5. The molecule has 0 bridgehead atoms. The Bertz CT molecular complexity index is 1170. The van der Waals surface area contributed by atoms with Crippen molar-refractivity contribution in [2.45, 2.75) is 31.5 Å². The van der Waals surface area contributed by atoms with E-state index in [0.717, 1.165) is 5.56 Å². The van der Waals surface area contributed by atoms with Gasteiger partial charge in [0.25, 0.3) is 5.91 Å². The van der Waals surface area contributed by atoms with Gasteiger partial charge in [0.1, 0.15) is 24.2 Å². The van der Waals surface area contributed by atoms with E-state index < -0.39 is 18.1 Å². The van der Waals surface area contributed by atoms with Crippen LogP contribution in [0.1, 0.15) is 28.8 Å². The molecule has 0 N–H and O–H groups in total. The standard InChI is InChI=1S/C23H22N4O6/c28-21(16-6-7-18-19(12-16)25-33-24-18)26-10-8-17(9-11-26)27-20(14-32-23(27)30)22(29)31-13-15-4-2-1-3-5-15/h1-7,12,17,20H,8-11,13-14H2/t20-/m0/s1. The largest absolute Gasteiger partial charge is 0.459 e. The maximum absolute atomic E-state index is 12.9. The number of carbonyl (C=O) groups is 3. The number of piperidine rings is 1. The molecule has 3 heterocycles.